The average Bonchev–Trinajstić information content (AvgIpc) is 2.74. The van der Waals surface area contributed by atoms with Crippen molar-refractivity contribution in [2.45, 2.75) is 18.4 Å². The maximum absolute atomic E-state index is 12.2. The SMILES string of the molecule is Cc1ccncc1NS(=O)(=O)c1cc(CN)n(C)c1. The second-order valence-electron chi connectivity index (χ2n) is 4.28. The zero-order valence-electron chi connectivity index (χ0n) is 10.8. The molecule has 0 radical (unpaired) electrons. The van der Waals surface area contributed by atoms with Crippen LogP contribution in [0.4, 0.5) is 5.69 Å². The number of pyridine rings is 1. The van der Waals surface area contributed by atoms with Gasteiger partial charge in [-0.3, -0.25) is 9.71 Å². The van der Waals surface area contributed by atoms with Gasteiger partial charge in [0.2, 0.25) is 0 Å². The molecule has 0 amide bonds. The lowest BCUT2D eigenvalue weighted by molar-refractivity contribution is 0.601. The average molecular weight is 280 g/mol. The summed E-state index contributed by atoms with van der Waals surface area (Å²) in [6.45, 7) is 2.10. The molecule has 0 unspecified atom stereocenters. The first-order chi connectivity index (χ1) is 8.94. The van der Waals surface area contributed by atoms with Crippen molar-refractivity contribution in [3.05, 3.63) is 42.0 Å². The molecule has 0 saturated carbocycles. The lowest BCUT2D eigenvalue weighted by atomic mass is 10.3. The number of nitrogens with two attached hydrogens (primary N) is 1. The van der Waals surface area contributed by atoms with E-state index in [0.29, 0.717) is 5.69 Å². The molecule has 102 valence electrons. The first kappa shape index (κ1) is 13.6. The number of anilines is 1. The van der Waals surface area contributed by atoms with E-state index in [1.807, 2.05) is 6.92 Å². The number of hydrogen-bond donors (Lipinski definition) is 2. The molecule has 3 N–H and O–H groups in total. The number of rotatable bonds is 4. The van der Waals surface area contributed by atoms with Gasteiger partial charge in [-0.1, -0.05) is 0 Å². The van der Waals surface area contributed by atoms with Crippen molar-refractivity contribution in [2.24, 2.45) is 12.8 Å². The predicted octanol–water partition coefficient (Wildman–Crippen LogP) is 0.988. The van der Waals surface area contributed by atoms with Crippen LogP contribution in [0.1, 0.15) is 11.3 Å². The quantitative estimate of drug-likeness (QED) is 0.873. The molecule has 2 aromatic rings. The largest absolute Gasteiger partial charge is 0.352 e. The molecule has 0 atom stereocenters. The van der Waals surface area contributed by atoms with Gasteiger partial charge in [0.05, 0.1) is 11.9 Å². The molecule has 2 heterocycles. The van der Waals surface area contributed by atoms with Gasteiger partial charge in [0.15, 0.2) is 0 Å². The summed E-state index contributed by atoms with van der Waals surface area (Å²) in [5, 5.41) is 0. The van der Waals surface area contributed by atoms with E-state index < -0.39 is 10.0 Å². The molecule has 0 saturated heterocycles. The molecule has 0 aliphatic heterocycles. The van der Waals surface area contributed by atoms with E-state index in [9.17, 15) is 8.42 Å². The summed E-state index contributed by atoms with van der Waals surface area (Å²) in [5.74, 6) is 0. The highest BCUT2D eigenvalue weighted by atomic mass is 32.2. The van der Waals surface area contributed by atoms with E-state index in [0.717, 1.165) is 11.3 Å². The Balaban J connectivity index is 2.35. The Kier molecular flexibility index (Phi) is 3.59. The molecule has 2 aromatic heterocycles. The Labute approximate surface area is 112 Å². The van der Waals surface area contributed by atoms with Gasteiger partial charge in [-0.15, -0.1) is 0 Å². The van der Waals surface area contributed by atoms with Gasteiger partial charge in [0.1, 0.15) is 4.90 Å². The molecule has 6 nitrogen and oxygen atoms in total. The number of aryl methyl sites for hydroxylation is 2. The third-order valence-electron chi connectivity index (χ3n) is 2.89. The van der Waals surface area contributed by atoms with Crippen LogP contribution in [-0.4, -0.2) is 18.0 Å². The van der Waals surface area contributed by atoms with Crippen LogP contribution in [0.2, 0.25) is 0 Å². The van der Waals surface area contributed by atoms with E-state index in [1.54, 1.807) is 29.9 Å². The van der Waals surface area contributed by atoms with Crippen LogP contribution < -0.4 is 10.5 Å². The van der Waals surface area contributed by atoms with Gasteiger partial charge >= 0.3 is 0 Å². The Morgan fingerprint density at radius 3 is 2.79 bits per heavy atom. The normalized spacial score (nSPS) is 11.5. The van der Waals surface area contributed by atoms with Crippen molar-refractivity contribution < 1.29 is 8.42 Å². The Hall–Kier alpha value is -1.86. The van der Waals surface area contributed by atoms with Crippen LogP contribution in [-0.2, 0) is 23.6 Å². The maximum Gasteiger partial charge on any atom is 0.263 e. The maximum atomic E-state index is 12.2. The van der Waals surface area contributed by atoms with Crippen LogP contribution in [0.5, 0.6) is 0 Å². The van der Waals surface area contributed by atoms with E-state index >= 15 is 0 Å². The lowest BCUT2D eigenvalue weighted by Gasteiger charge is -2.08. The van der Waals surface area contributed by atoms with Crippen molar-refractivity contribution in [1.29, 1.82) is 0 Å². The number of hydrogen-bond acceptors (Lipinski definition) is 4. The van der Waals surface area contributed by atoms with Gasteiger partial charge in [0, 0.05) is 31.7 Å². The monoisotopic (exact) mass is 280 g/mol. The second kappa shape index (κ2) is 5.02. The number of sulfonamides is 1. The van der Waals surface area contributed by atoms with Crippen LogP contribution in [0.15, 0.2) is 35.6 Å². The summed E-state index contributed by atoms with van der Waals surface area (Å²) in [6, 6.07) is 3.31. The molecule has 0 aliphatic carbocycles. The fourth-order valence-corrected chi connectivity index (χ4v) is 2.91. The van der Waals surface area contributed by atoms with E-state index in [2.05, 4.69) is 9.71 Å². The molecule has 19 heavy (non-hydrogen) atoms. The summed E-state index contributed by atoms with van der Waals surface area (Å²) in [4.78, 5) is 4.10. The van der Waals surface area contributed by atoms with Crippen LogP contribution >= 0.6 is 0 Å². The van der Waals surface area contributed by atoms with Crippen molar-refractivity contribution in [3.8, 4) is 0 Å². The third kappa shape index (κ3) is 2.77. The number of aromatic nitrogens is 2. The fraction of sp³-hybridized carbons (Fsp3) is 0.250. The zero-order chi connectivity index (χ0) is 14.0. The van der Waals surface area contributed by atoms with Gasteiger partial charge in [-0.05, 0) is 24.6 Å². The molecular formula is C12H16N4O2S. The molecule has 0 spiro atoms. The smallest absolute Gasteiger partial charge is 0.263 e. The Bertz CT molecular complexity index is 692. The second-order valence-corrected chi connectivity index (χ2v) is 5.96. The van der Waals surface area contributed by atoms with Crippen molar-refractivity contribution in [3.63, 3.8) is 0 Å². The minimum Gasteiger partial charge on any atom is -0.352 e. The van der Waals surface area contributed by atoms with Gasteiger partial charge in [-0.2, -0.15) is 0 Å². The predicted molar refractivity (Wildman–Crippen MR) is 73.1 cm³/mol. The van der Waals surface area contributed by atoms with E-state index in [-0.39, 0.29) is 11.4 Å². The molecule has 0 bridgehead atoms. The molecular weight excluding hydrogens is 264 g/mol. The van der Waals surface area contributed by atoms with Crippen LogP contribution in [0, 0.1) is 6.92 Å². The van der Waals surface area contributed by atoms with Crippen molar-refractivity contribution >= 4 is 15.7 Å². The lowest BCUT2D eigenvalue weighted by Crippen LogP contribution is -2.13. The Morgan fingerprint density at radius 2 is 2.21 bits per heavy atom. The van der Waals surface area contributed by atoms with Gasteiger partial charge < -0.3 is 10.3 Å². The first-order valence-corrected chi connectivity index (χ1v) is 7.21. The molecule has 2 rings (SSSR count). The standard InChI is InChI=1S/C12H16N4O2S/c1-9-3-4-14-7-12(9)15-19(17,18)11-5-10(6-13)16(2)8-11/h3-5,7-8,15H,6,13H2,1-2H3. The van der Waals surface area contributed by atoms with E-state index in [1.165, 1.54) is 12.4 Å². The van der Waals surface area contributed by atoms with Crippen LogP contribution in [0.3, 0.4) is 0 Å². The fourth-order valence-electron chi connectivity index (χ4n) is 1.70. The number of nitrogens with one attached hydrogen (secondary N) is 1. The molecule has 7 heteroatoms. The summed E-state index contributed by atoms with van der Waals surface area (Å²) in [6.07, 6.45) is 4.64. The van der Waals surface area contributed by atoms with E-state index in [4.69, 9.17) is 5.73 Å². The van der Waals surface area contributed by atoms with Gasteiger partial charge in [0.25, 0.3) is 10.0 Å². The highest BCUT2D eigenvalue weighted by Crippen LogP contribution is 2.19. The highest BCUT2D eigenvalue weighted by molar-refractivity contribution is 7.92. The third-order valence-corrected chi connectivity index (χ3v) is 4.22. The summed E-state index contributed by atoms with van der Waals surface area (Å²) >= 11 is 0. The number of nitrogens with zero attached hydrogens (tertiary/aromatic N) is 2. The molecule has 0 aliphatic rings. The molecule has 0 fully saturated rings. The Morgan fingerprint density at radius 1 is 1.47 bits per heavy atom. The molecule has 0 aromatic carbocycles. The minimum atomic E-state index is -3.61. The zero-order valence-corrected chi connectivity index (χ0v) is 11.6. The van der Waals surface area contributed by atoms with Gasteiger partial charge in [-0.25, -0.2) is 8.42 Å². The first-order valence-electron chi connectivity index (χ1n) is 5.73. The summed E-state index contributed by atoms with van der Waals surface area (Å²) in [7, 11) is -1.85. The van der Waals surface area contributed by atoms with Crippen molar-refractivity contribution in [2.75, 3.05) is 4.72 Å². The topological polar surface area (TPSA) is 90.0 Å². The van der Waals surface area contributed by atoms with Crippen molar-refractivity contribution in [1.82, 2.24) is 9.55 Å². The summed E-state index contributed by atoms with van der Waals surface area (Å²) < 4.78 is 28.7. The van der Waals surface area contributed by atoms with Crippen LogP contribution in [0.25, 0.3) is 0 Å². The summed E-state index contributed by atoms with van der Waals surface area (Å²) in [5.41, 5.74) is 7.58. The minimum absolute atomic E-state index is 0.193. The highest BCUT2D eigenvalue weighted by Gasteiger charge is 2.18.